The zero-order chi connectivity index (χ0) is 15.0. The first-order valence-corrected chi connectivity index (χ1v) is 11.3. The van der Waals surface area contributed by atoms with Gasteiger partial charge in [0.25, 0.3) is 0 Å². The minimum Gasteiger partial charge on any atom is -0.342 e. The van der Waals surface area contributed by atoms with E-state index in [0.717, 1.165) is 44.9 Å². The Morgan fingerprint density at radius 2 is 1.86 bits per heavy atom. The zero-order valence-corrected chi connectivity index (χ0v) is 15.1. The standard InChI is InChI=1S/C17H28N2OS2/c20-16-17(4-1-6-18(16)10-14-2-3-14)5-7-19(13-17)15-11-21-8-9-22-12-15/h14-15H,1-13H2/t17-/m0/s1. The first-order chi connectivity index (χ1) is 10.8. The highest BCUT2D eigenvalue weighted by Gasteiger charge is 2.49. The van der Waals surface area contributed by atoms with E-state index in [0.29, 0.717) is 11.9 Å². The van der Waals surface area contributed by atoms with Gasteiger partial charge in [-0.2, -0.15) is 23.5 Å². The quantitative estimate of drug-likeness (QED) is 0.788. The summed E-state index contributed by atoms with van der Waals surface area (Å²) in [6.07, 6.45) is 6.16. The Kier molecular flexibility index (Phi) is 4.66. The Balaban J connectivity index is 1.41. The van der Waals surface area contributed by atoms with E-state index >= 15 is 0 Å². The van der Waals surface area contributed by atoms with Crippen molar-refractivity contribution in [3.8, 4) is 0 Å². The lowest BCUT2D eigenvalue weighted by atomic mass is 9.78. The molecule has 4 fully saturated rings. The molecule has 1 spiro atoms. The zero-order valence-electron chi connectivity index (χ0n) is 13.5. The number of hydrogen-bond donors (Lipinski definition) is 0. The minimum atomic E-state index is -0.0191. The Labute approximate surface area is 142 Å². The van der Waals surface area contributed by atoms with Crippen molar-refractivity contribution < 1.29 is 4.79 Å². The summed E-state index contributed by atoms with van der Waals surface area (Å²) in [7, 11) is 0. The Hall–Kier alpha value is 0.130. The van der Waals surface area contributed by atoms with Crippen LogP contribution in [-0.2, 0) is 4.79 Å². The van der Waals surface area contributed by atoms with E-state index < -0.39 is 0 Å². The van der Waals surface area contributed by atoms with Crippen LogP contribution in [0.4, 0.5) is 0 Å². The van der Waals surface area contributed by atoms with Crippen LogP contribution in [0.5, 0.6) is 0 Å². The molecule has 3 saturated heterocycles. The van der Waals surface area contributed by atoms with E-state index in [2.05, 4.69) is 33.3 Å². The molecule has 1 atom stereocenters. The molecule has 3 nitrogen and oxygen atoms in total. The molecule has 1 amide bonds. The van der Waals surface area contributed by atoms with Crippen LogP contribution in [0.1, 0.15) is 32.1 Å². The predicted molar refractivity (Wildman–Crippen MR) is 95.6 cm³/mol. The van der Waals surface area contributed by atoms with Crippen molar-refractivity contribution in [1.29, 1.82) is 0 Å². The van der Waals surface area contributed by atoms with Gasteiger partial charge in [0, 0.05) is 48.7 Å². The molecule has 1 saturated carbocycles. The molecular weight excluding hydrogens is 312 g/mol. The van der Waals surface area contributed by atoms with Crippen molar-refractivity contribution in [2.45, 2.75) is 38.1 Å². The number of thioether (sulfide) groups is 2. The van der Waals surface area contributed by atoms with Crippen LogP contribution in [0.15, 0.2) is 0 Å². The molecule has 124 valence electrons. The molecule has 3 aliphatic heterocycles. The largest absolute Gasteiger partial charge is 0.342 e. The molecule has 0 aromatic heterocycles. The number of amides is 1. The number of rotatable bonds is 3. The van der Waals surface area contributed by atoms with E-state index in [-0.39, 0.29) is 5.41 Å². The molecule has 4 rings (SSSR count). The maximum absolute atomic E-state index is 13.1. The summed E-state index contributed by atoms with van der Waals surface area (Å²) in [5.41, 5.74) is -0.0191. The second-order valence-corrected chi connectivity index (χ2v) is 9.90. The molecule has 0 bridgehead atoms. The summed E-state index contributed by atoms with van der Waals surface area (Å²) in [6, 6.07) is 0.698. The van der Waals surface area contributed by atoms with Crippen molar-refractivity contribution in [1.82, 2.24) is 9.80 Å². The van der Waals surface area contributed by atoms with E-state index in [1.54, 1.807) is 0 Å². The van der Waals surface area contributed by atoms with Gasteiger partial charge in [-0.3, -0.25) is 9.69 Å². The van der Waals surface area contributed by atoms with Gasteiger partial charge in [-0.1, -0.05) is 0 Å². The highest BCUT2D eigenvalue weighted by Crippen LogP contribution is 2.42. The SMILES string of the molecule is O=C1N(CC2CC2)CCC[C@@]12CCN(C1CSCCSC1)C2. The molecule has 3 heterocycles. The van der Waals surface area contributed by atoms with Gasteiger partial charge >= 0.3 is 0 Å². The fraction of sp³-hybridized carbons (Fsp3) is 0.941. The maximum atomic E-state index is 13.1. The maximum Gasteiger partial charge on any atom is 0.230 e. The molecule has 22 heavy (non-hydrogen) atoms. The summed E-state index contributed by atoms with van der Waals surface area (Å²) < 4.78 is 0. The average molecular weight is 341 g/mol. The number of carbonyl (C=O) groups excluding carboxylic acids is 1. The van der Waals surface area contributed by atoms with Crippen LogP contribution < -0.4 is 0 Å². The molecule has 0 radical (unpaired) electrons. The number of piperidine rings is 1. The van der Waals surface area contributed by atoms with E-state index in [1.807, 2.05) is 0 Å². The van der Waals surface area contributed by atoms with Crippen molar-refractivity contribution in [2.24, 2.45) is 11.3 Å². The summed E-state index contributed by atoms with van der Waals surface area (Å²) in [5, 5.41) is 0. The third-order valence-corrected chi connectivity index (χ3v) is 8.38. The lowest BCUT2D eigenvalue weighted by Gasteiger charge is -2.40. The molecule has 0 unspecified atom stereocenters. The Morgan fingerprint density at radius 1 is 1.09 bits per heavy atom. The van der Waals surface area contributed by atoms with Gasteiger partial charge in [-0.25, -0.2) is 0 Å². The fourth-order valence-corrected chi connectivity index (χ4v) is 6.98. The molecule has 0 aromatic carbocycles. The van der Waals surface area contributed by atoms with Gasteiger partial charge in [0.05, 0.1) is 5.41 Å². The summed E-state index contributed by atoms with van der Waals surface area (Å²) in [5.74, 6) is 6.46. The first-order valence-electron chi connectivity index (χ1n) is 8.96. The first kappa shape index (κ1) is 15.6. The van der Waals surface area contributed by atoms with Crippen molar-refractivity contribution in [2.75, 3.05) is 49.2 Å². The van der Waals surface area contributed by atoms with Crippen LogP contribution >= 0.6 is 23.5 Å². The molecule has 0 N–H and O–H groups in total. The Bertz CT molecular complexity index is 421. The summed E-state index contributed by atoms with van der Waals surface area (Å²) in [4.78, 5) is 18.0. The number of nitrogens with zero attached hydrogens (tertiary/aromatic N) is 2. The number of hydrogen-bond acceptors (Lipinski definition) is 4. The van der Waals surface area contributed by atoms with Crippen LogP contribution in [0.2, 0.25) is 0 Å². The highest BCUT2D eigenvalue weighted by atomic mass is 32.2. The van der Waals surface area contributed by atoms with Gasteiger partial charge in [-0.15, -0.1) is 0 Å². The average Bonchev–Trinajstić information content (AvgIpc) is 3.29. The normalized spacial score (nSPS) is 35.3. The van der Waals surface area contributed by atoms with Gasteiger partial charge in [0.15, 0.2) is 0 Å². The van der Waals surface area contributed by atoms with Crippen LogP contribution in [0, 0.1) is 11.3 Å². The van der Waals surface area contributed by atoms with Crippen molar-refractivity contribution >= 4 is 29.4 Å². The second-order valence-electron chi connectivity index (χ2n) is 7.60. The second kappa shape index (κ2) is 6.56. The lowest BCUT2D eigenvalue weighted by molar-refractivity contribution is -0.146. The summed E-state index contributed by atoms with van der Waals surface area (Å²) >= 11 is 4.21. The molecule has 1 aliphatic carbocycles. The lowest BCUT2D eigenvalue weighted by Crippen LogP contribution is -2.51. The minimum absolute atomic E-state index is 0.0191. The van der Waals surface area contributed by atoms with E-state index in [4.69, 9.17) is 0 Å². The number of carbonyl (C=O) groups is 1. The van der Waals surface area contributed by atoms with E-state index in [1.165, 1.54) is 42.3 Å². The van der Waals surface area contributed by atoms with Crippen LogP contribution in [-0.4, -0.2) is 70.9 Å². The Morgan fingerprint density at radius 3 is 2.59 bits per heavy atom. The molecule has 5 heteroatoms. The third-order valence-electron chi connectivity index (χ3n) is 5.89. The van der Waals surface area contributed by atoms with Crippen molar-refractivity contribution in [3.05, 3.63) is 0 Å². The highest BCUT2D eigenvalue weighted by molar-refractivity contribution is 8.03. The topological polar surface area (TPSA) is 23.6 Å². The van der Waals surface area contributed by atoms with Gasteiger partial charge in [-0.05, 0) is 44.6 Å². The molecule has 4 aliphatic rings. The van der Waals surface area contributed by atoms with Gasteiger partial charge < -0.3 is 4.90 Å². The monoisotopic (exact) mass is 340 g/mol. The van der Waals surface area contributed by atoms with Gasteiger partial charge in [0.2, 0.25) is 5.91 Å². The predicted octanol–water partition coefficient (Wildman–Crippen LogP) is 2.56. The molecule has 0 aromatic rings. The van der Waals surface area contributed by atoms with Crippen LogP contribution in [0.3, 0.4) is 0 Å². The summed E-state index contributed by atoms with van der Waals surface area (Å²) in [6.45, 7) is 4.26. The fourth-order valence-electron chi connectivity index (χ4n) is 4.35. The molecular formula is C17H28N2OS2. The van der Waals surface area contributed by atoms with Gasteiger partial charge in [0.1, 0.15) is 0 Å². The van der Waals surface area contributed by atoms with Crippen molar-refractivity contribution in [3.63, 3.8) is 0 Å². The number of likely N-dealkylation sites (tertiary alicyclic amines) is 2. The smallest absolute Gasteiger partial charge is 0.230 e. The third kappa shape index (κ3) is 3.18. The van der Waals surface area contributed by atoms with Crippen LogP contribution in [0.25, 0.3) is 0 Å². The van der Waals surface area contributed by atoms with E-state index in [9.17, 15) is 4.79 Å².